The summed E-state index contributed by atoms with van der Waals surface area (Å²) in [5.74, 6) is 2.52. The first-order chi connectivity index (χ1) is 12.4. The van der Waals surface area contributed by atoms with E-state index in [1.807, 2.05) is 37.9 Å². The van der Waals surface area contributed by atoms with E-state index < -0.39 is 0 Å². The van der Waals surface area contributed by atoms with E-state index in [1.54, 1.807) is 13.1 Å². The number of aromatic nitrogens is 2. The molecule has 27 heavy (non-hydrogen) atoms. The Morgan fingerprint density at radius 1 is 1.30 bits per heavy atom. The molecule has 1 N–H and O–H groups in total. The SMILES string of the molecule is CN=C(NCCCc1nc(C(C)C)no1)N(C)Cc1ccc(Cl)c(Cl)c1.I. The van der Waals surface area contributed by atoms with E-state index in [-0.39, 0.29) is 29.9 Å². The first-order valence-electron chi connectivity index (χ1n) is 8.59. The minimum Gasteiger partial charge on any atom is -0.356 e. The van der Waals surface area contributed by atoms with Crippen LogP contribution in [-0.2, 0) is 13.0 Å². The molecule has 0 aliphatic heterocycles. The first kappa shape index (κ1) is 24.0. The van der Waals surface area contributed by atoms with Gasteiger partial charge in [0, 0.05) is 39.5 Å². The van der Waals surface area contributed by atoms with E-state index in [0.29, 0.717) is 22.5 Å². The zero-order valence-electron chi connectivity index (χ0n) is 16.0. The average molecular weight is 526 g/mol. The van der Waals surface area contributed by atoms with Crippen LogP contribution in [0.4, 0.5) is 0 Å². The van der Waals surface area contributed by atoms with Crippen LogP contribution >= 0.6 is 47.2 Å². The van der Waals surface area contributed by atoms with Gasteiger partial charge < -0.3 is 14.7 Å². The monoisotopic (exact) mass is 525 g/mol. The molecule has 150 valence electrons. The number of guanidine groups is 1. The Balaban J connectivity index is 0.00000364. The molecule has 0 saturated carbocycles. The Morgan fingerprint density at radius 2 is 2.04 bits per heavy atom. The molecule has 1 heterocycles. The van der Waals surface area contributed by atoms with Gasteiger partial charge in [-0.15, -0.1) is 24.0 Å². The highest BCUT2D eigenvalue weighted by Gasteiger charge is 2.10. The summed E-state index contributed by atoms with van der Waals surface area (Å²) in [6, 6.07) is 5.63. The zero-order valence-corrected chi connectivity index (χ0v) is 19.8. The van der Waals surface area contributed by atoms with Crippen molar-refractivity contribution in [3.8, 4) is 0 Å². The van der Waals surface area contributed by atoms with Gasteiger partial charge in [-0.3, -0.25) is 4.99 Å². The molecule has 0 amide bonds. The third-order valence-electron chi connectivity index (χ3n) is 3.83. The van der Waals surface area contributed by atoms with Crippen molar-refractivity contribution >= 4 is 53.1 Å². The van der Waals surface area contributed by atoms with E-state index >= 15 is 0 Å². The molecule has 0 spiro atoms. The Hall–Kier alpha value is -1.06. The Labute approximate surface area is 187 Å². The van der Waals surface area contributed by atoms with E-state index in [1.165, 1.54) is 0 Å². The second-order valence-electron chi connectivity index (χ2n) is 6.38. The van der Waals surface area contributed by atoms with Crippen LogP contribution in [0.15, 0.2) is 27.7 Å². The standard InChI is InChI=1S/C18H25Cl2N5O.HI/c1-12(2)17-23-16(26-24-17)6-5-9-22-18(21-3)25(4)11-13-7-8-14(19)15(20)10-13;/h7-8,10,12H,5-6,9,11H2,1-4H3,(H,21,22);1H. The van der Waals surface area contributed by atoms with Gasteiger partial charge in [0.2, 0.25) is 5.89 Å². The van der Waals surface area contributed by atoms with Crippen molar-refractivity contribution in [2.75, 3.05) is 20.6 Å². The zero-order chi connectivity index (χ0) is 19.1. The highest BCUT2D eigenvalue weighted by atomic mass is 127. The van der Waals surface area contributed by atoms with Crippen molar-refractivity contribution in [1.82, 2.24) is 20.4 Å². The Morgan fingerprint density at radius 3 is 2.63 bits per heavy atom. The lowest BCUT2D eigenvalue weighted by atomic mass is 10.2. The summed E-state index contributed by atoms with van der Waals surface area (Å²) in [5.41, 5.74) is 1.07. The lowest BCUT2D eigenvalue weighted by Crippen LogP contribution is -2.39. The molecule has 0 aliphatic carbocycles. The summed E-state index contributed by atoms with van der Waals surface area (Å²) >= 11 is 12.0. The van der Waals surface area contributed by atoms with Crippen LogP contribution in [0.3, 0.4) is 0 Å². The molecule has 0 radical (unpaired) electrons. The Kier molecular flexibility index (Phi) is 10.4. The van der Waals surface area contributed by atoms with Crippen LogP contribution in [0.2, 0.25) is 10.0 Å². The first-order valence-corrected chi connectivity index (χ1v) is 9.34. The lowest BCUT2D eigenvalue weighted by molar-refractivity contribution is 0.368. The van der Waals surface area contributed by atoms with Gasteiger partial charge in [0.1, 0.15) is 0 Å². The molecule has 0 bridgehead atoms. The topological polar surface area (TPSA) is 66.5 Å². The normalized spacial score (nSPS) is 11.4. The lowest BCUT2D eigenvalue weighted by Gasteiger charge is -2.22. The minimum atomic E-state index is 0. The van der Waals surface area contributed by atoms with E-state index in [0.717, 1.165) is 36.7 Å². The van der Waals surface area contributed by atoms with Gasteiger partial charge in [-0.25, -0.2) is 0 Å². The third-order valence-corrected chi connectivity index (χ3v) is 4.57. The van der Waals surface area contributed by atoms with Crippen molar-refractivity contribution in [3.05, 3.63) is 45.5 Å². The van der Waals surface area contributed by atoms with Gasteiger partial charge in [0.15, 0.2) is 11.8 Å². The highest BCUT2D eigenvalue weighted by molar-refractivity contribution is 14.0. The fraction of sp³-hybridized carbons (Fsp3) is 0.500. The van der Waals surface area contributed by atoms with Gasteiger partial charge >= 0.3 is 0 Å². The fourth-order valence-corrected chi connectivity index (χ4v) is 2.74. The quantitative estimate of drug-likeness (QED) is 0.244. The number of benzene rings is 1. The highest BCUT2D eigenvalue weighted by Crippen LogP contribution is 2.23. The third kappa shape index (κ3) is 7.46. The number of aliphatic imine (C=N–C) groups is 1. The maximum atomic E-state index is 6.08. The number of hydrogen-bond acceptors (Lipinski definition) is 4. The molecule has 2 rings (SSSR count). The molecule has 6 nitrogen and oxygen atoms in total. The van der Waals surface area contributed by atoms with Crippen LogP contribution < -0.4 is 5.32 Å². The smallest absolute Gasteiger partial charge is 0.226 e. The van der Waals surface area contributed by atoms with Crippen molar-refractivity contribution in [2.45, 2.75) is 39.2 Å². The summed E-state index contributed by atoms with van der Waals surface area (Å²) in [6.45, 7) is 5.53. The second kappa shape index (κ2) is 11.7. The Bertz CT molecular complexity index is 751. The summed E-state index contributed by atoms with van der Waals surface area (Å²) < 4.78 is 5.25. The number of rotatable bonds is 7. The number of nitrogens with zero attached hydrogens (tertiary/aromatic N) is 4. The largest absolute Gasteiger partial charge is 0.356 e. The molecule has 9 heteroatoms. The summed E-state index contributed by atoms with van der Waals surface area (Å²) in [5, 5.41) is 8.43. The van der Waals surface area contributed by atoms with Crippen LogP contribution in [-0.4, -0.2) is 41.6 Å². The van der Waals surface area contributed by atoms with Crippen LogP contribution in [0.5, 0.6) is 0 Å². The maximum absolute atomic E-state index is 6.08. The molecule has 1 aromatic heterocycles. The molecule has 1 aromatic carbocycles. The summed E-state index contributed by atoms with van der Waals surface area (Å²) in [4.78, 5) is 10.7. The summed E-state index contributed by atoms with van der Waals surface area (Å²) in [6.07, 6.45) is 1.61. The number of nitrogens with one attached hydrogen (secondary N) is 1. The molecular formula is C18H26Cl2IN5O. The number of hydrogen-bond donors (Lipinski definition) is 1. The molecule has 0 aliphatic rings. The number of aryl methyl sites for hydroxylation is 1. The predicted molar refractivity (Wildman–Crippen MR) is 121 cm³/mol. The van der Waals surface area contributed by atoms with Crippen molar-refractivity contribution in [1.29, 1.82) is 0 Å². The van der Waals surface area contributed by atoms with Crippen LogP contribution in [0.1, 0.15) is 43.5 Å². The van der Waals surface area contributed by atoms with E-state index in [4.69, 9.17) is 27.7 Å². The molecule has 0 atom stereocenters. The van der Waals surface area contributed by atoms with Crippen molar-refractivity contribution < 1.29 is 4.52 Å². The average Bonchev–Trinajstić information content (AvgIpc) is 3.07. The summed E-state index contributed by atoms with van der Waals surface area (Å²) in [7, 11) is 3.74. The van der Waals surface area contributed by atoms with E-state index in [9.17, 15) is 0 Å². The number of halogens is 3. The van der Waals surface area contributed by atoms with Gasteiger partial charge in [-0.05, 0) is 24.1 Å². The van der Waals surface area contributed by atoms with Crippen LogP contribution in [0.25, 0.3) is 0 Å². The predicted octanol–water partition coefficient (Wildman–Crippen LogP) is 4.76. The molecular weight excluding hydrogens is 500 g/mol. The molecule has 0 fully saturated rings. The molecule has 0 unspecified atom stereocenters. The molecule has 0 saturated heterocycles. The molecule has 2 aromatic rings. The van der Waals surface area contributed by atoms with E-state index in [2.05, 4.69) is 20.4 Å². The van der Waals surface area contributed by atoms with Crippen molar-refractivity contribution in [2.24, 2.45) is 4.99 Å². The van der Waals surface area contributed by atoms with Gasteiger partial charge in [0.25, 0.3) is 0 Å². The van der Waals surface area contributed by atoms with Crippen LogP contribution in [0, 0.1) is 0 Å². The minimum absolute atomic E-state index is 0. The van der Waals surface area contributed by atoms with Gasteiger partial charge in [-0.1, -0.05) is 48.3 Å². The van der Waals surface area contributed by atoms with Gasteiger partial charge in [0.05, 0.1) is 10.0 Å². The fourth-order valence-electron chi connectivity index (χ4n) is 2.42. The van der Waals surface area contributed by atoms with Crippen molar-refractivity contribution in [3.63, 3.8) is 0 Å². The second-order valence-corrected chi connectivity index (χ2v) is 7.20. The van der Waals surface area contributed by atoms with Gasteiger partial charge in [-0.2, -0.15) is 4.98 Å². The maximum Gasteiger partial charge on any atom is 0.226 e.